The second kappa shape index (κ2) is 4.98. The molecule has 2 unspecified atom stereocenters. The minimum Gasteiger partial charge on any atom is -0.409 e. The van der Waals surface area contributed by atoms with Gasteiger partial charge in [-0.3, -0.25) is 0 Å². The second-order valence-electron chi connectivity index (χ2n) is 5.92. The fourth-order valence-corrected chi connectivity index (χ4v) is 3.67. The molecule has 5 nitrogen and oxygen atoms in total. The van der Waals surface area contributed by atoms with E-state index in [1.807, 2.05) is 19.1 Å². The first kappa shape index (κ1) is 13.2. The Kier molecular flexibility index (Phi) is 3.30. The molecule has 108 valence electrons. The maximum Gasteiger partial charge on any atom is 0.172 e. The number of aryl methyl sites for hydroxylation is 1. The van der Waals surface area contributed by atoms with Crippen molar-refractivity contribution in [2.24, 2.45) is 10.9 Å². The number of oxime groups is 1. The molecule has 20 heavy (non-hydrogen) atoms. The van der Waals surface area contributed by atoms with E-state index in [0.717, 1.165) is 42.5 Å². The summed E-state index contributed by atoms with van der Waals surface area (Å²) in [6.07, 6.45) is 3.62. The molecule has 0 aliphatic carbocycles. The van der Waals surface area contributed by atoms with Crippen molar-refractivity contribution in [3.05, 3.63) is 29.3 Å². The highest BCUT2D eigenvalue weighted by Gasteiger charge is 2.41. The maximum atomic E-state index is 9.92. The van der Waals surface area contributed by atoms with Crippen LogP contribution < -0.4 is 10.6 Å². The van der Waals surface area contributed by atoms with Crippen LogP contribution in [0, 0.1) is 6.92 Å². The monoisotopic (exact) mass is 275 g/mol. The largest absolute Gasteiger partial charge is 0.409 e. The molecule has 0 amide bonds. The molecular formula is C15H21N3O2. The van der Waals surface area contributed by atoms with Crippen molar-refractivity contribution in [3.63, 3.8) is 0 Å². The number of fused-ring (bicyclic) bond motifs is 2. The number of benzene rings is 1. The fraction of sp³-hybridized carbons (Fsp3) is 0.533. The van der Waals surface area contributed by atoms with Gasteiger partial charge in [0.25, 0.3) is 0 Å². The van der Waals surface area contributed by atoms with Gasteiger partial charge in [0.15, 0.2) is 5.84 Å². The van der Waals surface area contributed by atoms with Gasteiger partial charge in [0.2, 0.25) is 0 Å². The zero-order valence-corrected chi connectivity index (χ0v) is 11.7. The molecule has 2 aliphatic rings. The van der Waals surface area contributed by atoms with E-state index in [9.17, 15) is 5.11 Å². The van der Waals surface area contributed by atoms with Gasteiger partial charge in [-0.1, -0.05) is 11.2 Å². The Balaban J connectivity index is 2.04. The van der Waals surface area contributed by atoms with Gasteiger partial charge >= 0.3 is 0 Å². The quantitative estimate of drug-likeness (QED) is 0.331. The molecular weight excluding hydrogens is 254 g/mol. The Bertz CT molecular complexity index is 530. The SMILES string of the molecule is Cc1ccc(C(N)=NO)c(N2C3CCC2CC(O)C3)c1. The summed E-state index contributed by atoms with van der Waals surface area (Å²) in [4.78, 5) is 2.37. The van der Waals surface area contributed by atoms with Crippen LogP contribution in [0.5, 0.6) is 0 Å². The average molecular weight is 275 g/mol. The first-order chi connectivity index (χ1) is 9.60. The number of amidine groups is 1. The van der Waals surface area contributed by atoms with Crippen molar-refractivity contribution >= 4 is 11.5 Å². The van der Waals surface area contributed by atoms with Gasteiger partial charge in [-0.15, -0.1) is 0 Å². The molecule has 0 saturated carbocycles. The van der Waals surface area contributed by atoms with E-state index in [4.69, 9.17) is 10.9 Å². The van der Waals surface area contributed by atoms with Gasteiger partial charge in [0.05, 0.1) is 6.10 Å². The first-order valence-corrected chi connectivity index (χ1v) is 7.15. The Morgan fingerprint density at radius 3 is 2.55 bits per heavy atom. The molecule has 0 aromatic heterocycles. The van der Waals surface area contributed by atoms with E-state index < -0.39 is 0 Å². The predicted octanol–water partition coefficient (Wildman–Crippen LogP) is 1.58. The molecule has 2 atom stereocenters. The summed E-state index contributed by atoms with van der Waals surface area (Å²) >= 11 is 0. The zero-order chi connectivity index (χ0) is 14.3. The number of nitrogens with zero attached hydrogens (tertiary/aromatic N) is 2. The van der Waals surface area contributed by atoms with Gasteiger partial charge in [-0.05, 0) is 50.3 Å². The Morgan fingerprint density at radius 2 is 1.95 bits per heavy atom. The predicted molar refractivity (Wildman–Crippen MR) is 78.2 cm³/mol. The lowest BCUT2D eigenvalue weighted by Crippen LogP contribution is -2.45. The first-order valence-electron chi connectivity index (χ1n) is 7.15. The van der Waals surface area contributed by atoms with Crippen LogP contribution in [0.1, 0.15) is 36.8 Å². The number of rotatable bonds is 2. The van der Waals surface area contributed by atoms with Crippen molar-refractivity contribution in [1.82, 2.24) is 0 Å². The number of hydrogen-bond acceptors (Lipinski definition) is 4. The third kappa shape index (κ3) is 2.12. The van der Waals surface area contributed by atoms with Crippen LogP contribution >= 0.6 is 0 Å². The molecule has 4 N–H and O–H groups in total. The molecule has 0 spiro atoms. The van der Waals surface area contributed by atoms with Crippen LogP contribution in [0.15, 0.2) is 23.4 Å². The summed E-state index contributed by atoms with van der Waals surface area (Å²) in [6.45, 7) is 2.04. The van der Waals surface area contributed by atoms with Crippen molar-refractivity contribution in [2.45, 2.75) is 50.8 Å². The van der Waals surface area contributed by atoms with Gasteiger partial charge in [0, 0.05) is 23.3 Å². The highest BCUT2D eigenvalue weighted by molar-refractivity contribution is 6.02. The summed E-state index contributed by atoms with van der Waals surface area (Å²) in [5.41, 5.74) is 8.76. The van der Waals surface area contributed by atoms with Crippen LogP contribution in [0.4, 0.5) is 5.69 Å². The van der Waals surface area contributed by atoms with E-state index >= 15 is 0 Å². The van der Waals surface area contributed by atoms with Crippen molar-refractivity contribution < 1.29 is 10.3 Å². The van der Waals surface area contributed by atoms with Gasteiger partial charge in [-0.25, -0.2) is 0 Å². The van der Waals surface area contributed by atoms with Crippen LogP contribution in [-0.4, -0.2) is 34.3 Å². The average Bonchev–Trinajstić information content (AvgIpc) is 2.70. The number of hydrogen-bond donors (Lipinski definition) is 3. The molecule has 3 rings (SSSR count). The van der Waals surface area contributed by atoms with Gasteiger partial charge in [-0.2, -0.15) is 0 Å². The van der Waals surface area contributed by atoms with Crippen LogP contribution in [0.3, 0.4) is 0 Å². The Hall–Kier alpha value is -1.75. The molecule has 2 heterocycles. The van der Waals surface area contributed by atoms with Crippen molar-refractivity contribution in [2.75, 3.05) is 4.90 Å². The lowest BCUT2D eigenvalue weighted by atomic mass is 9.97. The summed E-state index contributed by atoms with van der Waals surface area (Å²) < 4.78 is 0. The molecule has 2 fully saturated rings. The summed E-state index contributed by atoms with van der Waals surface area (Å²) in [7, 11) is 0. The topological polar surface area (TPSA) is 82.1 Å². The number of anilines is 1. The molecule has 2 bridgehead atoms. The minimum atomic E-state index is -0.194. The number of aliphatic hydroxyl groups is 1. The molecule has 1 aromatic rings. The second-order valence-corrected chi connectivity index (χ2v) is 5.92. The Labute approximate surface area is 118 Å². The van der Waals surface area contributed by atoms with Crippen LogP contribution in [-0.2, 0) is 0 Å². The normalized spacial score (nSPS) is 29.8. The smallest absolute Gasteiger partial charge is 0.172 e. The zero-order valence-electron chi connectivity index (χ0n) is 11.7. The van der Waals surface area contributed by atoms with Gasteiger partial charge in [0.1, 0.15) is 0 Å². The van der Waals surface area contributed by atoms with Crippen molar-refractivity contribution in [1.29, 1.82) is 0 Å². The minimum absolute atomic E-state index is 0.144. The summed E-state index contributed by atoms with van der Waals surface area (Å²) in [5.74, 6) is 0.144. The highest BCUT2D eigenvalue weighted by Crippen LogP contribution is 2.40. The lowest BCUT2D eigenvalue weighted by molar-refractivity contribution is 0.126. The number of piperidine rings is 1. The highest BCUT2D eigenvalue weighted by atomic mass is 16.4. The molecule has 1 aromatic carbocycles. The van der Waals surface area contributed by atoms with Gasteiger partial charge < -0.3 is 20.9 Å². The molecule has 0 radical (unpaired) electrons. The molecule has 2 aliphatic heterocycles. The molecule has 2 saturated heterocycles. The van der Waals surface area contributed by atoms with E-state index in [-0.39, 0.29) is 11.9 Å². The van der Waals surface area contributed by atoms with E-state index in [1.54, 1.807) is 0 Å². The third-order valence-corrected chi connectivity index (χ3v) is 4.52. The van der Waals surface area contributed by atoms with Crippen molar-refractivity contribution in [3.8, 4) is 0 Å². The van der Waals surface area contributed by atoms with E-state index in [0.29, 0.717) is 12.1 Å². The maximum absolute atomic E-state index is 9.92. The van der Waals surface area contributed by atoms with Crippen LogP contribution in [0.25, 0.3) is 0 Å². The number of aliphatic hydroxyl groups excluding tert-OH is 1. The standard InChI is InChI=1S/C15H21N3O2/c1-9-2-5-13(15(16)17-20)14(6-9)18-10-3-4-11(18)8-12(19)7-10/h2,5-6,10-12,19-20H,3-4,7-8H2,1H3,(H2,16,17). The molecule has 5 heteroatoms. The van der Waals surface area contributed by atoms with Crippen LogP contribution in [0.2, 0.25) is 0 Å². The Morgan fingerprint density at radius 1 is 1.30 bits per heavy atom. The van der Waals surface area contributed by atoms with E-state index in [2.05, 4.69) is 16.1 Å². The summed E-state index contributed by atoms with van der Waals surface area (Å²) in [5, 5.41) is 22.0. The fourth-order valence-electron chi connectivity index (χ4n) is 3.67. The number of nitrogens with two attached hydrogens (primary N) is 1. The lowest BCUT2D eigenvalue weighted by Gasteiger charge is -2.40. The third-order valence-electron chi connectivity index (χ3n) is 4.52. The summed E-state index contributed by atoms with van der Waals surface area (Å²) in [6, 6.07) is 6.68. The van der Waals surface area contributed by atoms with E-state index in [1.165, 1.54) is 0 Å².